The van der Waals surface area contributed by atoms with Crippen molar-refractivity contribution < 1.29 is 19.5 Å². The lowest BCUT2D eigenvalue weighted by Gasteiger charge is -2.36. The Kier molecular flexibility index (Phi) is 4.33. The number of urea groups is 1. The van der Waals surface area contributed by atoms with E-state index in [9.17, 15) is 19.5 Å². The fraction of sp³-hybridized carbons (Fsp3) is 0.833. The van der Waals surface area contributed by atoms with E-state index in [1.807, 2.05) is 14.7 Å². The summed E-state index contributed by atoms with van der Waals surface area (Å²) < 4.78 is 0. The highest BCUT2D eigenvalue weighted by atomic mass is 16.4. The van der Waals surface area contributed by atoms with Crippen molar-refractivity contribution in [2.24, 2.45) is 11.8 Å². The Morgan fingerprint density at radius 1 is 0.840 bits per heavy atom. The molecule has 0 saturated carbocycles. The van der Waals surface area contributed by atoms with Crippen molar-refractivity contribution in [2.75, 3.05) is 26.2 Å². The van der Waals surface area contributed by atoms with Crippen LogP contribution in [-0.2, 0) is 9.59 Å². The summed E-state index contributed by atoms with van der Waals surface area (Å²) >= 11 is 0. The molecule has 7 heteroatoms. The zero-order chi connectivity index (χ0) is 17.6. The Morgan fingerprint density at radius 3 is 2.08 bits per heavy atom. The predicted octanol–water partition coefficient (Wildman–Crippen LogP) is 1.38. The van der Waals surface area contributed by atoms with Crippen molar-refractivity contribution in [1.82, 2.24) is 14.7 Å². The molecule has 3 amide bonds. The first-order valence-electron chi connectivity index (χ1n) is 9.65. The molecular formula is C18H27N3O4. The van der Waals surface area contributed by atoms with Crippen LogP contribution in [0.3, 0.4) is 0 Å². The summed E-state index contributed by atoms with van der Waals surface area (Å²) in [7, 11) is 0. The highest BCUT2D eigenvalue weighted by Crippen LogP contribution is 2.43. The number of nitrogens with zero attached hydrogens (tertiary/aromatic N) is 3. The molecule has 2 bridgehead atoms. The Hall–Kier alpha value is -1.79. The molecule has 4 aliphatic heterocycles. The molecule has 0 aromatic carbocycles. The summed E-state index contributed by atoms with van der Waals surface area (Å²) in [5.74, 6) is -1.08. The maximum absolute atomic E-state index is 13.0. The molecule has 4 aliphatic rings. The van der Waals surface area contributed by atoms with E-state index in [0.717, 1.165) is 38.8 Å². The Labute approximate surface area is 147 Å². The topological polar surface area (TPSA) is 81.2 Å². The lowest BCUT2D eigenvalue weighted by molar-refractivity contribution is -0.144. The van der Waals surface area contributed by atoms with Gasteiger partial charge in [-0.05, 0) is 44.9 Å². The van der Waals surface area contributed by atoms with Gasteiger partial charge in [-0.25, -0.2) is 4.79 Å². The van der Waals surface area contributed by atoms with E-state index < -0.39 is 5.97 Å². The summed E-state index contributed by atoms with van der Waals surface area (Å²) in [5.41, 5.74) is 0. The predicted molar refractivity (Wildman–Crippen MR) is 89.9 cm³/mol. The molecule has 0 spiro atoms. The number of carbonyl (C=O) groups excluding carboxylic acids is 2. The quantitative estimate of drug-likeness (QED) is 0.817. The smallest absolute Gasteiger partial charge is 0.319 e. The van der Waals surface area contributed by atoms with Gasteiger partial charge in [-0.1, -0.05) is 0 Å². The maximum Gasteiger partial charge on any atom is 0.319 e. The van der Waals surface area contributed by atoms with Gasteiger partial charge in [0.25, 0.3) is 0 Å². The first kappa shape index (κ1) is 16.7. The van der Waals surface area contributed by atoms with Gasteiger partial charge in [0.15, 0.2) is 0 Å². The molecule has 0 aromatic rings. The van der Waals surface area contributed by atoms with Gasteiger partial charge in [-0.3, -0.25) is 9.59 Å². The zero-order valence-corrected chi connectivity index (χ0v) is 14.6. The summed E-state index contributed by atoms with van der Waals surface area (Å²) in [6.07, 6.45) is 5.94. The number of piperidine rings is 1. The summed E-state index contributed by atoms with van der Waals surface area (Å²) in [6.45, 7) is 2.98. The molecule has 25 heavy (non-hydrogen) atoms. The minimum absolute atomic E-state index is 0.0572. The third-order valence-electron chi connectivity index (χ3n) is 6.60. The number of carboxylic acid groups (broad SMARTS) is 1. The van der Waals surface area contributed by atoms with Crippen LogP contribution < -0.4 is 0 Å². The number of hydrogen-bond donors (Lipinski definition) is 1. The minimum Gasteiger partial charge on any atom is -0.481 e. The Morgan fingerprint density at radius 2 is 1.48 bits per heavy atom. The molecule has 0 radical (unpaired) electrons. The monoisotopic (exact) mass is 349 g/mol. The van der Waals surface area contributed by atoms with E-state index in [0.29, 0.717) is 32.4 Å². The molecular weight excluding hydrogens is 322 g/mol. The van der Waals surface area contributed by atoms with E-state index in [4.69, 9.17) is 0 Å². The van der Waals surface area contributed by atoms with Crippen LogP contribution >= 0.6 is 0 Å². The normalized spacial score (nSPS) is 32.5. The van der Waals surface area contributed by atoms with Gasteiger partial charge in [0.05, 0.1) is 5.92 Å². The van der Waals surface area contributed by atoms with Crippen molar-refractivity contribution >= 4 is 17.9 Å². The number of amides is 3. The molecule has 4 rings (SSSR count). The molecule has 138 valence electrons. The van der Waals surface area contributed by atoms with Gasteiger partial charge in [-0.2, -0.15) is 0 Å². The number of rotatable bonds is 2. The van der Waals surface area contributed by atoms with Crippen LogP contribution in [-0.4, -0.2) is 76.0 Å². The molecule has 0 aliphatic carbocycles. The number of fused-ring (bicyclic) bond motifs is 2. The number of carboxylic acids is 1. The van der Waals surface area contributed by atoms with Crippen molar-refractivity contribution in [3.8, 4) is 0 Å². The van der Waals surface area contributed by atoms with Gasteiger partial charge < -0.3 is 19.8 Å². The molecule has 0 aromatic heterocycles. The third kappa shape index (κ3) is 2.87. The van der Waals surface area contributed by atoms with Crippen LogP contribution in [0.15, 0.2) is 0 Å². The zero-order valence-electron chi connectivity index (χ0n) is 14.6. The van der Waals surface area contributed by atoms with Gasteiger partial charge >= 0.3 is 12.0 Å². The highest BCUT2D eigenvalue weighted by molar-refractivity contribution is 5.83. The molecule has 1 N–H and O–H groups in total. The summed E-state index contributed by atoms with van der Waals surface area (Å²) in [6, 6.07) is 0.123. The second-order valence-electron chi connectivity index (χ2n) is 7.96. The standard InChI is InChI=1S/C18H27N3O4/c22-16(21-13-3-4-15(21)14(11-13)17(23)24)12-5-9-20(10-6-12)18(25)19-7-1-2-8-19/h12-15H,1-11H2,(H,23,24). The molecule has 3 unspecified atom stereocenters. The average molecular weight is 349 g/mol. The maximum atomic E-state index is 13.0. The summed E-state index contributed by atoms with van der Waals surface area (Å²) in [5, 5.41) is 9.36. The van der Waals surface area contributed by atoms with Crippen molar-refractivity contribution in [2.45, 2.75) is 57.0 Å². The second-order valence-corrected chi connectivity index (χ2v) is 7.96. The van der Waals surface area contributed by atoms with Crippen LogP contribution in [0, 0.1) is 11.8 Å². The highest BCUT2D eigenvalue weighted by Gasteiger charge is 2.52. The van der Waals surface area contributed by atoms with Crippen molar-refractivity contribution in [3.63, 3.8) is 0 Å². The fourth-order valence-electron chi connectivity index (χ4n) is 5.23. The van der Waals surface area contributed by atoms with Crippen molar-refractivity contribution in [3.05, 3.63) is 0 Å². The molecule has 4 fully saturated rings. The molecule has 3 atom stereocenters. The molecule has 7 nitrogen and oxygen atoms in total. The minimum atomic E-state index is -0.768. The Bertz CT molecular complexity index is 567. The van der Waals surface area contributed by atoms with Gasteiger partial charge in [0.2, 0.25) is 5.91 Å². The summed E-state index contributed by atoms with van der Waals surface area (Å²) in [4.78, 5) is 42.5. The average Bonchev–Trinajstić information content (AvgIpc) is 3.36. The van der Waals surface area contributed by atoms with Crippen LogP contribution in [0.1, 0.15) is 44.9 Å². The van der Waals surface area contributed by atoms with Gasteiger partial charge in [0.1, 0.15) is 0 Å². The lowest BCUT2D eigenvalue weighted by Crippen LogP contribution is -2.49. The molecule has 4 heterocycles. The van der Waals surface area contributed by atoms with Crippen molar-refractivity contribution in [1.29, 1.82) is 0 Å². The van der Waals surface area contributed by atoms with Crippen LogP contribution in [0.25, 0.3) is 0 Å². The largest absolute Gasteiger partial charge is 0.481 e. The number of aliphatic carboxylic acids is 1. The van der Waals surface area contributed by atoms with E-state index in [-0.39, 0.29) is 35.9 Å². The first-order chi connectivity index (χ1) is 12.1. The van der Waals surface area contributed by atoms with Crippen LogP contribution in [0.5, 0.6) is 0 Å². The Balaban J connectivity index is 1.34. The van der Waals surface area contributed by atoms with Gasteiger partial charge in [0, 0.05) is 44.2 Å². The van der Waals surface area contributed by atoms with E-state index in [1.54, 1.807) is 0 Å². The SMILES string of the molecule is O=C(O)C1CC2CCC1N2C(=O)C1CCN(C(=O)N2CCCC2)CC1. The third-order valence-corrected chi connectivity index (χ3v) is 6.60. The van der Waals surface area contributed by atoms with E-state index in [1.165, 1.54) is 0 Å². The molecule has 4 saturated heterocycles. The van der Waals surface area contributed by atoms with Crippen LogP contribution in [0.4, 0.5) is 4.79 Å². The fourth-order valence-corrected chi connectivity index (χ4v) is 5.23. The number of likely N-dealkylation sites (tertiary alicyclic amines) is 2. The second kappa shape index (κ2) is 6.50. The van der Waals surface area contributed by atoms with Gasteiger partial charge in [-0.15, -0.1) is 0 Å². The lowest BCUT2D eigenvalue weighted by atomic mass is 9.89. The number of hydrogen-bond acceptors (Lipinski definition) is 3. The van der Waals surface area contributed by atoms with Crippen LogP contribution in [0.2, 0.25) is 0 Å². The number of carbonyl (C=O) groups is 3. The van der Waals surface area contributed by atoms with E-state index >= 15 is 0 Å². The van der Waals surface area contributed by atoms with E-state index in [2.05, 4.69) is 0 Å². The first-order valence-corrected chi connectivity index (χ1v) is 9.65.